The van der Waals surface area contributed by atoms with Gasteiger partial charge in [0.25, 0.3) is 10.0 Å². The van der Waals surface area contributed by atoms with Crippen molar-refractivity contribution in [1.29, 1.82) is 0 Å². The predicted molar refractivity (Wildman–Crippen MR) is 79.8 cm³/mol. The Hall–Kier alpha value is -1.06. The molecule has 3 N–H and O–H groups in total. The van der Waals surface area contributed by atoms with E-state index in [2.05, 4.69) is 4.83 Å². The van der Waals surface area contributed by atoms with Crippen LogP contribution < -0.4 is 10.6 Å². The lowest BCUT2D eigenvalue weighted by Gasteiger charge is -2.27. The van der Waals surface area contributed by atoms with Crippen molar-refractivity contribution in [3.8, 4) is 0 Å². The van der Waals surface area contributed by atoms with E-state index in [0.29, 0.717) is 37.4 Å². The van der Waals surface area contributed by atoms with E-state index >= 15 is 0 Å². The summed E-state index contributed by atoms with van der Waals surface area (Å²) < 4.78 is 30.0. The van der Waals surface area contributed by atoms with E-state index in [1.54, 1.807) is 24.1 Å². The molecular weight excluding hydrogens is 298 g/mol. The van der Waals surface area contributed by atoms with Crippen LogP contribution in [0.25, 0.3) is 0 Å². The van der Waals surface area contributed by atoms with Gasteiger partial charge in [0.1, 0.15) is 4.99 Å². The summed E-state index contributed by atoms with van der Waals surface area (Å²) >= 11 is 4.88. The van der Waals surface area contributed by atoms with Gasteiger partial charge in [-0.3, -0.25) is 0 Å². The normalized spacial score (nSPS) is 17.1. The summed E-state index contributed by atoms with van der Waals surface area (Å²) in [6, 6.07) is 4.91. The van der Waals surface area contributed by atoms with Crippen LogP contribution in [0.2, 0.25) is 0 Å². The second-order valence-electron chi connectivity index (χ2n) is 4.54. The number of aryl methyl sites for hydroxylation is 1. The molecule has 0 bridgehead atoms. The number of hydrogen-bond acceptors (Lipinski definition) is 5. The molecule has 0 radical (unpaired) electrons. The number of hydrogen-bond donors (Lipinski definition) is 2. The topological polar surface area (TPSA) is 84.7 Å². The van der Waals surface area contributed by atoms with Gasteiger partial charge in [0.15, 0.2) is 0 Å². The summed E-state index contributed by atoms with van der Waals surface area (Å²) in [5.41, 5.74) is 6.73. The molecule has 0 amide bonds. The van der Waals surface area contributed by atoms with E-state index in [1.165, 1.54) is 6.07 Å². The van der Waals surface area contributed by atoms with Crippen LogP contribution in [0, 0.1) is 6.92 Å². The minimum absolute atomic E-state index is 0.174. The molecule has 0 atom stereocenters. The number of nitrogens with one attached hydrogen (secondary N) is 1. The Bertz CT molecular complexity index is 610. The lowest BCUT2D eigenvalue weighted by molar-refractivity contribution is 0.0272. The van der Waals surface area contributed by atoms with Crippen molar-refractivity contribution in [2.45, 2.75) is 11.8 Å². The maximum atomic E-state index is 12.4. The third-order valence-corrected chi connectivity index (χ3v) is 4.78. The summed E-state index contributed by atoms with van der Waals surface area (Å²) in [4.78, 5) is 2.92. The van der Waals surface area contributed by atoms with Crippen molar-refractivity contribution in [3.63, 3.8) is 0 Å². The zero-order valence-electron chi connectivity index (χ0n) is 11.1. The zero-order chi connectivity index (χ0) is 14.8. The third kappa shape index (κ3) is 3.53. The second-order valence-corrected chi connectivity index (χ2v) is 6.61. The van der Waals surface area contributed by atoms with Gasteiger partial charge in [0.05, 0.1) is 18.1 Å². The second kappa shape index (κ2) is 6.15. The highest BCUT2D eigenvalue weighted by Crippen LogP contribution is 2.17. The largest absolute Gasteiger partial charge is 0.389 e. The summed E-state index contributed by atoms with van der Waals surface area (Å²) in [5, 5.41) is 1.63. The van der Waals surface area contributed by atoms with Crippen LogP contribution in [0.15, 0.2) is 23.1 Å². The van der Waals surface area contributed by atoms with Gasteiger partial charge in [0, 0.05) is 18.7 Å². The Morgan fingerprint density at radius 2 is 2.05 bits per heavy atom. The minimum atomic E-state index is -3.64. The first kappa shape index (κ1) is 15.3. The molecule has 6 nitrogen and oxygen atoms in total. The van der Waals surface area contributed by atoms with Crippen molar-refractivity contribution in [2.75, 3.05) is 26.3 Å². The van der Waals surface area contributed by atoms with E-state index in [-0.39, 0.29) is 9.88 Å². The first-order valence-electron chi connectivity index (χ1n) is 6.16. The molecule has 0 aliphatic carbocycles. The summed E-state index contributed by atoms with van der Waals surface area (Å²) in [5.74, 6) is 0. The maximum absolute atomic E-state index is 12.4. The van der Waals surface area contributed by atoms with E-state index in [4.69, 9.17) is 22.7 Å². The van der Waals surface area contributed by atoms with Gasteiger partial charge >= 0.3 is 0 Å². The monoisotopic (exact) mass is 315 g/mol. The number of thiocarbonyl (C=S) groups is 1. The molecule has 0 saturated carbocycles. The lowest BCUT2D eigenvalue weighted by Crippen LogP contribution is -2.48. The SMILES string of the molecule is Cc1ccc(C(N)=S)cc1S(=O)(=O)NN1CCOCC1. The van der Waals surface area contributed by atoms with E-state index in [0.717, 1.165) is 0 Å². The summed E-state index contributed by atoms with van der Waals surface area (Å²) in [7, 11) is -3.64. The number of nitrogens with two attached hydrogens (primary N) is 1. The van der Waals surface area contributed by atoms with Crippen LogP contribution in [0.3, 0.4) is 0 Å². The molecule has 110 valence electrons. The molecule has 1 aliphatic heterocycles. The van der Waals surface area contributed by atoms with Crippen molar-refractivity contribution in [3.05, 3.63) is 29.3 Å². The molecule has 0 unspecified atom stereocenters. The van der Waals surface area contributed by atoms with Crippen molar-refractivity contribution in [2.24, 2.45) is 5.73 Å². The molecule has 8 heteroatoms. The molecule has 0 aromatic heterocycles. The fourth-order valence-corrected chi connectivity index (χ4v) is 3.44. The molecular formula is C12H17N3O3S2. The van der Waals surface area contributed by atoms with Gasteiger partial charge in [-0.2, -0.15) is 0 Å². The molecule has 0 spiro atoms. The van der Waals surface area contributed by atoms with E-state index in [9.17, 15) is 8.42 Å². The van der Waals surface area contributed by atoms with Crippen molar-refractivity contribution in [1.82, 2.24) is 9.84 Å². The highest BCUT2D eigenvalue weighted by Gasteiger charge is 2.22. The smallest absolute Gasteiger partial charge is 0.253 e. The average molecular weight is 315 g/mol. The number of rotatable bonds is 4. The molecule has 20 heavy (non-hydrogen) atoms. The first-order valence-corrected chi connectivity index (χ1v) is 8.05. The molecule has 1 saturated heterocycles. The Morgan fingerprint density at radius 1 is 1.40 bits per heavy atom. The Kier molecular flexibility index (Phi) is 4.71. The summed E-state index contributed by atoms with van der Waals surface area (Å²) in [6.45, 7) is 3.79. The molecule has 1 aliphatic rings. The highest BCUT2D eigenvalue weighted by molar-refractivity contribution is 7.89. The van der Waals surface area contributed by atoms with Gasteiger partial charge in [-0.15, -0.1) is 4.83 Å². The Balaban J connectivity index is 2.28. The minimum Gasteiger partial charge on any atom is -0.389 e. The molecule has 2 rings (SSSR count). The summed E-state index contributed by atoms with van der Waals surface area (Å²) in [6.07, 6.45) is 0. The van der Waals surface area contributed by atoms with Gasteiger partial charge in [-0.05, 0) is 18.6 Å². The van der Waals surface area contributed by atoms with Crippen LogP contribution in [0.4, 0.5) is 0 Å². The molecule has 1 fully saturated rings. The lowest BCUT2D eigenvalue weighted by atomic mass is 10.1. The van der Waals surface area contributed by atoms with E-state index in [1.807, 2.05) is 0 Å². The average Bonchev–Trinajstić information content (AvgIpc) is 2.39. The van der Waals surface area contributed by atoms with Gasteiger partial charge in [-0.1, -0.05) is 24.4 Å². The van der Waals surface area contributed by atoms with Crippen LogP contribution in [0.1, 0.15) is 11.1 Å². The van der Waals surface area contributed by atoms with Crippen molar-refractivity contribution < 1.29 is 13.2 Å². The van der Waals surface area contributed by atoms with Gasteiger partial charge < -0.3 is 10.5 Å². The van der Waals surface area contributed by atoms with Crippen molar-refractivity contribution >= 4 is 27.2 Å². The zero-order valence-corrected chi connectivity index (χ0v) is 12.8. The fourth-order valence-electron chi connectivity index (χ4n) is 1.92. The fraction of sp³-hybridized carbons (Fsp3) is 0.417. The molecule has 1 heterocycles. The number of benzene rings is 1. The molecule has 1 aromatic carbocycles. The standard InChI is InChI=1S/C12H17N3O3S2/c1-9-2-3-10(12(13)19)8-11(9)20(16,17)14-15-4-6-18-7-5-15/h2-3,8,14H,4-7H2,1H3,(H2,13,19). The van der Waals surface area contributed by atoms with Crippen LogP contribution in [-0.4, -0.2) is 44.7 Å². The third-order valence-electron chi connectivity index (χ3n) is 3.02. The first-order chi connectivity index (χ1) is 9.40. The predicted octanol–water partition coefficient (Wildman–Crippen LogP) is 0.155. The van der Waals surface area contributed by atoms with Gasteiger partial charge in [-0.25, -0.2) is 13.4 Å². The Morgan fingerprint density at radius 3 is 2.65 bits per heavy atom. The van der Waals surface area contributed by atoms with Crippen LogP contribution in [-0.2, 0) is 14.8 Å². The Labute approximate surface area is 123 Å². The maximum Gasteiger partial charge on any atom is 0.253 e. The highest BCUT2D eigenvalue weighted by atomic mass is 32.2. The quantitative estimate of drug-likeness (QED) is 0.770. The van der Waals surface area contributed by atoms with Crippen LogP contribution in [0.5, 0.6) is 0 Å². The number of ether oxygens (including phenoxy) is 1. The number of sulfonamides is 1. The number of nitrogens with zero attached hydrogens (tertiary/aromatic N) is 1. The number of morpholine rings is 1. The van der Waals surface area contributed by atoms with Gasteiger partial charge in [0.2, 0.25) is 0 Å². The van der Waals surface area contributed by atoms with Crippen LogP contribution >= 0.6 is 12.2 Å². The molecule has 1 aromatic rings. The number of hydrazine groups is 1. The van der Waals surface area contributed by atoms with E-state index < -0.39 is 10.0 Å².